The highest BCUT2D eigenvalue weighted by atomic mass is 16.1. The van der Waals surface area contributed by atoms with Gasteiger partial charge in [0.25, 0.3) is 0 Å². The summed E-state index contributed by atoms with van der Waals surface area (Å²) in [5, 5.41) is 8.00. The highest BCUT2D eigenvalue weighted by Crippen LogP contribution is 2.09. The van der Waals surface area contributed by atoms with Crippen molar-refractivity contribution in [2.45, 2.75) is 39.2 Å². The van der Waals surface area contributed by atoms with Crippen molar-refractivity contribution in [2.24, 2.45) is 0 Å². The molecule has 0 N–H and O–H groups in total. The van der Waals surface area contributed by atoms with Crippen LogP contribution in [0.2, 0.25) is 0 Å². The standard InChI is InChI=1S/C12H20N4O/c1-2-5-12-11(10-17)13-14-16(12)9-8-15-6-3-4-7-15/h10H,2-9H2,1H3. The second kappa shape index (κ2) is 5.91. The minimum Gasteiger partial charge on any atom is -0.301 e. The molecule has 1 fully saturated rings. The highest BCUT2D eigenvalue weighted by molar-refractivity contribution is 5.73. The zero-order chi connectivity index (χ0) is 12.1. The van der Waals surface area contributed by atoms with Gasteiger partial charge >= 0.3 is 0 Å². The Hall–Kier alpha value is -1.23. The van der Waals surface area contributed by atoms with Crippen LogP contribution in [0.1, 0.15) is 42.4 Å². The topological polar surface area (TPSA) is 51.0 Å². The van der Waals surface area contributed by atoms with Crippen molar-refractivity contribution < 1.29 is 4.79 Å². The summed E-state index contributed by atoms with van der Waals surface area (Å²) in [5.41, 5.74) is 1.50. The molecule has 1 aliphatic heterocycles. The quantitative estimate of drug-likeness (QED) is 0.695. The monoisotopic (exact) mass is 236 g/mol. The minimum atomic E-state index is 0.508. The zero-order valence-electron chi connectivity index (χ0n) is 10.4. The normalized spacial score (nSPS) is 16.5. The lowest BCUT2D eigenvalue weighted by Crippen LogP contribution is -2.25. The first-order valence-electron chi connectivity index (χ1n) is 6.45. The first-order chi connectivity index (χ1) is 8.35. The van der Waals surface area contributed by atoms with Gasteiger partial charge in [0.1, 0.15) is 5.69 Å². The van der Waals surface area contributed by atoms with E-state index in [4.69, 9.17) is 0 Å². The Labute approximate surface area is 102 Å². The van der Waals surface area contributed by atoms with E-state index in [1.165, 1.54) is 25.9 Å². The van der Waals surface area contributed by atoms with Gasteiger partial charge in [0.05, 0.1) is 12.2 Å². The van der Waals surface area contributed by atoms with E-state index in [1.807, 2.05) is 4.68 Å². The van der Waals surface area contributed by atoms with Gasteiger partial charge in [-0.1, -0.05) is 18.6 Å². The number of likely N-dealkylation sites (tertiary alicyclic amines) is 1. The number of aromatic nitrogens is 3. The third-order valence-electron chi connectivity index (χ3n) is 3.29. The maximum atomic E-state index is 10.8. The summed E-state index contributed by atoms with van der Waals surface area (Å²) in [6.45, 7) is 6.34. The first kappa shape index (κ1) is 12.2. The van der Waals surface area contributed by atoms with Crippen LogP contribution in [0.5, 0.6) is 0 Å². The number of rotatable bonds is 6. The van der Waals surface area contributed by atoms with Gasteiger partial charge in [-0.2, -0.15) is 0 Å². The summed E-state index contributed by atoms with van der Waals surface area (Å²) < 4.78 is 1.89. The van der Waals surface area contributed by atoms with Crippen molar-refractivity contribution in [1.82, 2.24) is 19.9 Å². The number of carbonyl (C=O) groups excluding carboxylic acids is 1. The molecule has 0 bridgehead atoms. The van der Waals surface area contributed by atoms with Crippen molar-refractivity contribution in [3.05, 3.63) is 11.4 Å². The molecule has 1 aromatic heterocycles. The molecule has 1 aliphatic rings. The van der Waals surface area contributed by atoms with Gasteiger partial charge < -0.3 is 4.90 Å². The zero-order valence-corrected chi connectivity index (χ0v) is 10.4. The fourth-order valence-electron chi connectivity index (χ4n) is 2.35. The van der Waals surface area contributed by atoms with E-state index >= 15 is 0 Å². The van der Waals surface area contributed by atoms with Crippen LogP contribution in [0.3, 0.4) is 0 Å². The predicted octanol–water partition coefficient (Wildman–Crippen LogP) is 1.14. The van der Waals surface area contributed by atoms with E-state index < -0.39 is 0 Å². The third kappa shape index (κ3) is 2.91. The van der Waals surface area contributed by atoms with Gasteiger partial charge in [0, 0.05) is 6.54 Å². The molecular weight excluding hydrogens is 216 g/mol. The first-order valence-corrected chi connectivity index (χ1v) is 6.45. The van der Waals surface area contributed by atoms with E-state index in [0.29, 0.717) is 5.69 Å². The van der Waals surface area contributed by atoms with Crippen LogP contribution in [0.25, 0.3) is 0 Å². The summed E-state index contributed by atoms with van der Waals surface area (Å²) in [5.74, 6) is 0. The molecule has 0 unspecified atom stereocenters. The number of carbonyl (C=O) groups is 1. The Kier molecular flexibility index (Phi) is 4.25. The second-order valence-electron chi connectivity index (χ2n) is 4.56. The van der Waals surface area contributed by atoms with Crippen LogP contribution < -0.4 is 0 Å². The number of hydrogen-bond donors (Lipinski definition) is 0. The van der Waals surface area contributed by atoms with Crippen molar-refractivity contribution in [3.8, 4) is 0 Å². The molecule has 2 rings (SSSR count). The van der Waals surface area contributed by atoms with Crippen LogP contribution in [-0.4, -0.2) is 45.8 Å². The predicted molar refractivity (Wildman–Crippen MR) is 65.1 cm³/mol. The average Bonchev–Trinajstić information content (AvgIpc) is 2.96. The van der Waals surface area contributed by atoms with Crippen molar-refractivity contribution in [2.75, 3.05) is 19.6 Å². The molecule has 5 nitrogen and oxygen atoms in total. The summed E-state index contributed by atoms with van der Waals surface area (Å²) in [4.78, 5) is 13.3. The molecule has 0 atom stereocenters. The Morgan fingerprint density at radius 2 is 2.06 bits per heavy atom. The fraction of sp³-hybridized carbons (Fsp3) is 0.750. The van der Waals surface area contributed by atoms with Crippen molar-refractivity contribution >= 4 is 6.29 Å². The van der Waals surface area contributed by atoms with E-state index in [-0.39, 0.29) is 0 Å². The molecule has 0 amide bonds. The SMILES string of the molecule is CCCc1c(C=O)nnn1CCN1CCCC1. The molecule has 0 aliphatic carbocycles. The van der Waals surface area contributed by atoms with E-state index in [0.717, 1.165) is 37.9 Å². The van der Waals surface area contributed by atoms with Crippen LogP contribution in [0.15, 0.2) is 0 Å². The Morgan fingerprint density at radius 1 is 1.29 bits per heavy atom. The summed E-state index contributed by atoms with van der Waals surface area (Å²) in [6.07, 6.45) is 5.31. The van der Waals surface area contributed by atoms with Crippen molar-refractivity contribution in [3.63, 3.8) is 0 Å². The second-order valence-corrected chi connectivity index (χ2v) is 4.56. The van der Waals surface area contributed by atoms with Gasteiger partial charge in [-0.05, 0) is 32.4 Å². The Balaban J connectivity index is 1.98. The highest BCUT2D eigenvalue weighted by Gasteiger charge is 2.14. The lowest BCUT2D eigenvalue weighted by atomic mass is 10.2. The molecule has 2 heterocycles. The Morgan fingerprint density at radius 3 is 2.71 bits per heavy atom. The molecule has 1 saturated heterocycles. The average molecular weight is 236 g/mol. The van der Waals surface area contributed by atoms with Gasteiger partial charge in [0.2, 0.25) is 0 Å². The van der Waals surface area contributed by atoms with Gasteiger partial charge in [-0.15, -0.1) is 5.10 Å². The van der Waals surface area contributed by atoms with E-state index in [2.05, 4.69) is 22.1 Å². The maximum Gasteiger partial charge on any atom is 0.172 e. The number of aldehydes is 1. The van der Waals surface area contributed by atoms with E-state index in [9.17, 15) is 4.79 Å². The van der Waals surface area contributed by atoms with Gasteiger partial charge in [-0.25, -0.2) is 4.68 Å². The van der Waals surface area contributed by atoms with Crippen LogP contribution in [0, 0.1) is 0 Å². The summed E-state index contributed by atoms with van der Waals surface area (Å²) in [6, 6.07) is 0. The molecule has 0 saturated carbocycles. The van der Waals surface area contributed by atoms with Crippen LogP contribution in [0.4, 0.5) is 0 Å². The minimum absolute atomic E-state index is 0.508. The molecule has 5 heteroatoms. The molecule has 0 radical (unpaired) electrons. The number of nitrogens with zero attached hydrogens (tertiary/aromatic N) is 4. The van der Waals surface area contributed by atoms with Crippen molar-refractivity contribution in [1.29, 1.82) is 0 Å². The fourth-order valence-corrected chi connectivity index (χ4v) is 2.35. The lowest BCUT2D eigenvalue weighted by Gasteiger charge is -2.14. The molecule has 0 aromatic carbocycles. The largest absolute Gasteiger partial charge is 0.301 e. The van der Waals surface area contributed by atoms with Crippen LogP contribution >= 0.6 is 0 Å². The maximum absolute atomic E-state index is 10.8. The van der Waals surface area contributed by atoms with E-state index in [1.54, 1.807) is 0 Å². The van der Waals surface area contributed by atoms with Gasteiger partial charge in [-0.3, -0.25) is 4.79 Å². The smallest absolute Gasteiger partial charge is 0.172 e. The molecular formula is C12H20N4O. The molecule has 0 spiro atoms. The van der Waals surface area contributed by atoms with Crippen LogP contribution in [-0.2, 0) is 13.0 Å². The molecule has 17 heavy (non-hydrogen) atoms. The molecule has 1 aromatic rings. The Bertz CT molecular complexity index is 369. The third-order valence-corrected chi connectivity index (χ3v) is 3.29. The van der Waals surface area contributed by atoms with Gasteiger partial charge in [0.15, 0.2) is 6.29 Å². The lowest BCUT2D eigenvalue weighted by molar-refractivity contribution is 0.111. The molecule has 94 valence electrons. The number of hydrogen-bond acceptors (Lipinski definition) is 4. The summed E-state index contributed by atoms with van der Waals surface area (Å²) >= 11 is 0. The summed E-state index contributed by atoms with van der Waals surface area (Å²) in [7, 11) is 0.